The molecule has 84 valence electrons. The smallest absolute Gasteiger partial charge is 0.227 e. The Hall–Kier alpha value is -0.960. The standard InChI is InChI=1S/C13H15NOS/c15-12-4-3-11-7-9(8-16)6-10-2-1-5-14(12)13(10)11/h6-7,16H,1-5,8H2. The Balaban J connectivity index is 2.18. The first-order valence-electron chi connectivity index (χ1n) is 5.85. The minimum atomic E-state index is 0.298. The van der Waals surface area contributed by atoms with Crippen molar-refractivity contribution in [1.29, 1.82) is 0 Å². The van der Waals surface area contributed by atoms with Crippen LogP contribution in [0, 0.1) is 0 Å². The highest BCUT2D eigenvalue weighted by Crippen LogP contribution is 2.36. The number of hydrogen-bond acceptors (Lipinski definition) is 2. The van der Waals surface area contributed by atoms with Crippen molar-refractivity contribution in [3.05, 3.63) is 28.8 Å². The molecule has 2 aliphatic rings. The maximum Gasteiger partial charge on any atom is 0.227 e. The third-order valence-electron chi connectivity index (χ3n) is 3.52. The lowest BCUT2D eigenvalue weighted by Gasteiger charge is -2.35. The lowest BCUT2D eigenvalue weighted by atomic mass is 9.90. The molecule has 0 bridgehead atoms. The zero-order chi connectivity index (χ0) is 11.1. The Morgan fingerprint density at radius 3 is 2.69 bits per heavy atom. The molecular formula is C13H15NOS. The highest BCUT2D eigenvalue weighted by atomic mass is 32.1. The molecule has 1 amide bonds. The summed E-state index contributed by atoms with van der Waals surface area (Å²) in [6.45, 7) is 0.902. The van der Waals surface area contributed by atoms with Gasteiger partial charge in [0.15, 0.2) is 0 Å². The molecule has 3 heteroatoms. The van der Waals surface area contributed by atoms with E-state index in [2.05, 4.69) is 24.8 Å². The summed E-state index contributed by atoms with van der Waals surface area (Å²) in [4.78, 5) is 13.8. The second-order valence-corrected chi connectivity index (χ2v) is 4.89. The first kappa shape index (κ1) is 10.2. The van der Waals surface area contributed by atoms with Gasteiger partial charge in [-0.2, -0.15) is 12.6 Å². The molecule has 3 rings (SSSR count). The van der Waals surface area contributed by atoms with Crippen LogP contribution in [0.1, 0.15) is 29.5 Å². The van der Waals surface area contributed by atoms with Gasteiger partial charge in [-0.15, -0.1) is 0 Å². The van der Waals surface area contributed by atoms with Crippen molar-refractivity contribution in [2.45, 2.75) is 31.4 Å². The summed E-state index contributed by atoms with van der Waals surface area (Å²) in [7, 11) is 0. The van der Waals surface area contributed by atoms with E-state index < -0.39 is 0 Å². The molecule has 0 unspecified atom stereocenters. The second kappa shape index (κ2) is 3.81. The number of benzene rings is 1. The average Bonchev–Trinajstić information content (AvgIpc) is 2.33. The zero-order valence-electron chi connectivity index (χ0n) is 9.20. The van der Waals surface area contributed by atoms with E-state index in [4.69, 9.17) is 0 Å². The third-order valence-corrected chi connectivity index (χ3v) is 3.88. The number of nitrogens with zero attached hydrogens (tertiary/aromatic N) is 1. The summed E-state index contributed by atoms with van der Waals surface area (Å²) in [6, 6.07) is 4.44. The van der Waals surface area contributed by atoms with E-state index in [0.29, 0.717) is 12.3 Å². The van der Waals surface area contributed by atoms with E-state index >= 15 is 0 Å². The molecule has 0 atom stereocenters. The molecule has 0 aliphatic carbocycles. The van der Waals surface area contributed by atoms with Crippen molar-refractivity contribution in [1.82, 2.24) is 0 Å². The van der Waals surface area contributed by atoms with E-state index in [0.717, 1.165) is 31.6 Å². The van der Waals surface area contributed by atoms with Crippen molar-refractivity contribution in [3.63, 3.8) is 0 Å². The maximum absolute atomic E-state index is 11.8. The highest BCUT2D eigenvalue weighted by Gasteiger charge is 2.29. The maximum atomic E-state index is 11.8. The Morgan fingerprint density at radius 1 is 1.19 bits per heavy atom. The van der Waals surface area contributed by atoms with Gasteiger partial charge in [-0.25, -0.2) is 0 Å². The van der Waals surface area contributed by atoms with E-state index in [1.54, 1.807) is 0 Å². The van der Waals surface area contributed by atoms with Crippen molar-refractivity contribution < 1.29 is 4.79 Å². The topological polar surface area (TPSA) is 20.3 Å². The summed E-state index contributed by atoms with van der Waals surface area (Å²) < 4.78 is 0. The molecule has 2 heterocycles. The average molecular weight is 233 g/mol. The van der Waals surface area contributed by atoms with Gasteiger partial charge >= 0.3 is 0 Å². The summed E-state index contributed by atoms with van der Waals surface area (Å²) in [5.41, 5.74) is 5.20. The van der Waals surface area contributed by atoms with E-state index in [1.165, 1.54) is 22.4 Å². The number of amides is 1. The minimum absolute atomic E-state index is 0.298. The van der Waals surface area contributed by atoms with Crippen LogP contribution in [0.25, 0.3) is 0 Å². The number of hydrogen-bond donors (Lipinski definition) is 1. The molecule has 0 aromatic heterocycles. The quantitative estimate of drug-likeness (QED) is 0.738. The van der Waals surface area contributed by atoms with Crippen molar-refractivity contribution in [2.24, 2.45) is 0 Å². The fraction of sp³-hybridized carbons (Fsp3) is 0.462. The molecule has 0 N–H and O–H groups in total. The van der Waals surface area contributed by atoms with Crippen LogP contribution < -0.4 is 4.90 Å². The molecule has 2 nitrogen and oxygen atoms in total. The largest absolute Gasteiger partial charge is 0.312 e. The molecule has 0 spiro atoms. The number of aryl methyl sites for hydroxylation is 2. The lowest BCUT2D eigenvalue weighted by Crippen LogP contribution is -2.39. The van der Waals surface area contributed by atoms with Crippen molar-refractivity contribution in [3.8, 4) is 0 Å². The number of anilines is 1. The normalized spacial score (nSPS) is 18.6. The van der Waals surface area contributed by atoms with Crippen LogP contribution >= 0.6 is 12.6 Å². The van der Waals surface area contributed by atoms with Crippen LogP contribution in [0.15, 0.2) is 12.1 Å². The van der Waals surface area contributed by atoms with E-state index in [1.807, 2.05) is 4.90 Å². The van der Waals surface area contributed by atoms with E-state index in [9.17, 15) is 4.79 Å². The van der Waals surface area contributed by atoms with Crippen LogP contribution in [-0.4, -0.2) is 12.5 Å². The Morgan fingerprint density at radius 2 is 1.94 bits per heavy atom. The number of carbonyl (C=O) groups excluding carboxylic acids is 1. The predicted molar refractivity (Wildman–Crippen MR) is 68.1 cm³/mol. The fourth-order valence-electron chi connectivity index (χ4n) is 2.82. The molecule has 16 heavy (non-hydrogen) atoms. The summed E-state index contributed by atoms with van der Waals surface area (Å²) in [6.07, 6.45) is 3.77. The Bertz CT molecular complexity index is 438. The fourth-order valence-corrected chi connectivity index (χ4v) is 3.00. The van der Waals surface area contributed by atoms with Gasteiger partial charge in [0.2, 0.25) is 5.91 Å². The Kier molecular flexibility index (Phi) is 2.43. The second-order valence-electron chi connectivity index (χ2n) is 4.57. The minimum Gasteiger partial charge on any atom is -0.312 e. The van der Waals surface area contributed by atoms with Crippen LogP contribution in [0.4, 0.5) is 5.69 Å². The first-order valence-corrected chi connectivity index (χ1v) is 6.49. The molecule has 0 saturated carbocycles. The SMILES string of the molecule is O=C1CCc2cc(CS)cc3c2N1CCC3. The van der Waals surface area contributed by atoms with Gasteiger partial charge in [0.25, 0.3) is 0 Å². The van der Waals surface area contributed by atoms with Crippen molar-refractivity contribution in [2.75, 3.05) is 11.4 Å². The van der Waals surface area contributed by atoms with Gasteiger partial charge in [0.1, 0.15) is 0 Å². The number of rotatable bonds is 1. The molecule has 0 saturated heterocycles. The first-order chi connectivity index (χ1) is 7.79. The highest BCUT2D eigenvalue weighted by molar-refractivity contribution is 7.79. The van der Waals surface area contributed by atoms with Gasteiger partial charge in [0.05, 0.1) is 5.69 Å². The van der Waals surface area contributed by atoms with Crippen LogP contribution in [0.5, 0.6) is 0 Å². The zero-order valence-corrected chi connectivity index (χ0v) is 10.1. The van der Waals surface area contributed by atoms with Gasteiger partial charge in [0, 0.05) is 18.7 Å². The lowest BCUT2D eigenvalue weighted by molar-refractivity contribution is -0.119. The van der Waals surface area contributed by atoms with Crippen LogP contribution in [-0.2, 0) is 23.4 Å². The van der Waals surface area contributed by atoms with E-state index in [-0.39, 0.29) is 0 Å². The molecule has 0 fully saturated rings. The predicted octanol–water partition coefficient (Wildman–Crippen LogP) is 2.34. The van der Waals surface area contributed by atoms with Gasteiger partial charge in [-0.1, -0.05) is 12.1 Å². The summed E-state index contributed by atoms with van der Waals surface area (Å²) in [5.74, 6) is 1.08. The third kappa shape index (κ3) is 1.46. The van der Waals surface area contributed by atoms with Crippen molar-refractivity contribution >= 4 is 24.2 Å². The Labute approximate surface area is 101 Å². The van der Waals surface area contributed by atoms with Gasteiger partial charge in [-0.05, 0) is 36.0 Å². The molecular weight excluding hydrogens is 218 g/mol. The molecule has 1 aromatic rings. The number of carbonyl (C=O) groups is 1. The molecule has 2 aliphatic heterocycles. The van der Waals surface area contributed by atoms with Crippen LogP contribution in [0.2, 0.25) is 0 Å². The van der Waals surface area contributed by atoms with Crippen LogP contribution in [0.3, 0.4) is 0 Å². The molecule has 0 radical (unpaired) electrons. The number of thiol groups is 1. The summed E-state index contributed by atoms with van der Waals surface area (Å²) >= 11 is 4.34. The summed E-state index contributed by atoms with van der Waals surface area (Å²) in [5, 5.41) is 0. The molecule has 1 aromatic carbocycles. The van der Waals surface area contributed by atoms with Gasteiger partial charge < -0.3 is 4.90 Å². The monoisotopic (exact) mass is 233 g/mol. The van der Waals surface area contributed by atoms with Gasteiger partial charge in [-0.3, -0.25) is 4.79 Å².